The third-order valence-electron chi connectivity index (χ3n) is 3.79. The van der Waals surface area contributed by atoms with E-state index in [0.717, 1.165) is 24.2 Å². The predicted octanol–water partition coefficient (Wildman–Crippen LogP) is 5.30. The molecule has 0 aliphatic rings. The number of fused-ring (bicyclic) bond motifs is 1. The van der Waals surface area contributed by atoms with Crippen LogP contribution in [0.1, 0.15) is 42.4 Å². The lowest BCUT2D eigenvalue weighted by Gasteiger charge is -2.08. The summed E-state index contributed by atoms with van der Waals surface area (Å²) >= 11 is 1.44. The fourth-order valence-electron chi connectivity index (χ4n) is 2.52. The Morgan fingerprint density at radius 1 is 1.20 bits per heavy atom. The summed E-state index contributed by atoms with van der Waals surface area (Å²) in [5, 5.41) is 11.1. The molecule has 0 saturated heterocycles. The van der Waals surface area contributed by atoms with E-state index in [-0.39, 0.29) is 0 Å². The lowest BCUT2D eigenvalue weighted by molar-refractivity contribution is 0.491. The molecule has 2 heterocycles. The Morgan fingerprint density at radius 2 is 2.00 bits per heavy atom. The van der Waals surface area contributed by atoms with Gasteiger partial charge in [-0.1, -0.05) is 32.0 Å². The second-order valence-corrected chi connectivity index (χ2v) is 6.31. The average Bonchev–Trinajstić information content (AvgIpc) is 3.03. The number of furan rings is 1. The molecule has 0 radical (unpaired) electrons. The molecule has 104 valence electrons. The maximum atomic E-state index is 9.51. The molecule has 0 bridgehead atoms. The Labute approximate surface area is 122 Å². The van der Waals surface area contributed by atoms with Gasteiger partial charge in [0.1, 0.15) is 11.3 Å². The Hall–Kier alpha value is -1.74. The van der Waals surface area contributed by atoms with Crippen molar-refractivity contribution >= 4 is 22.3 Å². The van der Waals surface area contributed by atoms with Crippen molar-refractivity contribution in [3.63, 3.8) is 0 Å². The molecule has 0 aliphatic carbocycles. The Bertz CT molecular complexity index is 724. The summed E-state index contributed by atoms with van der Waals surface area (Å²) in [5.41, 5.74) is 2.22. The summed E-state index contributed by atoms with van der Waals surface area (Å²) in [6.07, 6.45) is 1.88. The molecule has 0 spiro atoms. The van der Waals surface area contributed by atoms with E-state index in [1.165, 1.54) is 27.2 Å². The van der Waals surface area contributed by atoms with Gasteiger partial charge >= 0.3 is 0 Å². The molecule has 3 heteroatoms. The normalized spacial score (nSPS) is 12.9. The van der Waals surface area contributed by atoms with Crippen molar-refractivity contribution < 1.29 is 9.52 Å². The third kappa shape index (κ3) is 2.34. The summed E-state index contributed by atoms with van der Waals surface area (Å²) in [6.45, 7) is 4.38. The lowest BCUT2D eigenvalue weighted by atomic mass is 9.98. The summed E-state index contributed by atoms with van der Waals surface area (Å²) in [5.74, 6) is 1.49. The van der Waals surface area contributed by atoms with Crippen molar-refractivity contribution in [3.05, 3.63) is 52.6 Å². The number of hydrogen-bond acceptors (Lipinski definition) is 3. The van der Waals surface area contributed by atoms with Gasteiger partial charge in [-0.15, -0.1) is 11.3 Å². The number of aromatic hydroxyl groups is 1. The first-order chi connectivity index (χ1) is 9.69. The highest BCUT2D eigenvalue weighted by atomic mass is 32.1. The minimum Gasteiger partial charge on any atom is -0.499 e. The molecular weight excluding hydrogens is 268 g/mol. The summed E-state index contributed by atoms with van der Waals surface area (Å²) in [7, 11) is 0. The zero-order valence-electron chi connectivity index (χ0n) is 11.7. The van der Waals surface area contributed by atoms with Gasteiger partial charge in [0.05, 0.1) is 0 Å². The van der Waals surface area contributed by atoms with Crippen LogP contribution in [0.3, 0.4) is 0 Å². The van der Waals surface area contributed by atoms with Gasteiger partial charge in [-0.2, -0.15) is 0 Å². The zero-order chi connectivity index (χ0) is 14.1. The summed E-state index contributed by atoms with van der Waals surface area (Å²) in [4.78, 5) is 1.17. The largest absolute Gasteiger partial charge is 0.499 e. The van der Waals surface area contributed by atoms with E-state index in [0.29, 0.717) is 11.0 Å². The number of hydrogen-bond donors (Lipinski definition) is 1. The van der Waals surface area contributed by atoms with E-state index in [1.54, 1.807) is 6.07 Å². The van der Waals surface area contributed by atoms with Gasteiger partial charge in [0.25, 0.3) is 0 Å². The highest BCUT2D eigenvalue weighted by molar-refractivity contribution is 7.13. The first-order valence-electron chi connectivity index (χ1n) is 6.97. The molecule has 0 amide bonds. The van der Waals surface area contributed by atoms with Crippen LogP contribution in [0.25, 0.3) is 11.0 Å². The molecule has 1 aromatic carbocycles. The van der Waals surface area contributed by atoms with Gasteiger partial charge in [0, 0.05) is 28.2 Å². The van der Waals surface area contributed by atoms with Crippen LogP contribution < -0.4 is 0 Å². The fourth-order valence-corrected chi connectivity index (χ4v) is 3.28. The van der Waals surface area contributed by atoms with E-state index in [9.17, 15) is 5.11 Å². The summed E-state index contributed by atoms with van der Waals surface area (Å²) < 4.78 is 6.07. The van der Waals surface area contributed by atoms with Gasteiger partial charge in [-0.25, -0.2) is 0 Å². The van der Waals surface area contributed by atoms with E-state index >= 15 is 0 Å². The maximum Gasteiger partial charge on any atom is 0.171 e. The van der Waals surface area contributed by atoms with Gasteiger partial charge in [0.2, 0.25) is 0 Å². The molecule has 1 N–H and O–H groups in total. The number of para-hydroxylation sites is 1. The van der Waals surface area contributed by atoms with E-state index in [2.05, 4.69) is 19.9 Å². The van der Waals surface area contributed by atoms with Gasteiger partial charge in [-0.05, 0) is 24.6 Å². The fraction of sp³-hybridized carbons (Fsp3) is 0.294. The van der Waals surface area contributed by atoms with Gasteiger partial charge < -0.3 is 9.52 Å². The standard InChI is InChI=1S/C17H18O2S/c1-3-11(2)17-14(10-12-8-9-16(18)20-12)13-6-4-5-7-15(13)19-17/h4-9,11,18H,3,10H2,1-2H3. The molecule has 0 aliphatic heterocycles. The predicted molar refractivity (Wildman–Crippen MR) is 83.7 cm³/mol. The monoisotopic (exact) mass is 286 g/mol. The second-order valence-electron chi connectivity index (χ2n) is 5.17. The molecule has 1 unspecified atom stereocenters. The minimum absolute atomic E-state index is 0.373. The first-order valence-corrected chi connectivity index (χ1v) is 7.78. The Kier molecular flexibility index (Phi) is 3.53. The molecular formula is C17H18O2S. The van der Waals surface area contributed by atoms with Crippen molar-refractivity contribution in [1.29, 1.82) is 0 Å². The lowest BCUT2D eigenvalue weighted by Crippen LogP contribution is -1.95. The van der Waals surface area contributed by atoms with Crippen LogP contribution in [0.5, 0.6) is 5.06 Å². The molecule has 1 atom stereocenters. The van der Waals surface area contributed by atoms with Crippen molar-refractivity contribution in [2.45, 2.75) is 32.6 Å². The minimum atomic E-state index is 0.373. The van der Waals surface area contributed by atoms with Crippen LogP contribution in [-0.4, -0.2) is 5.11 Å². The SMILES string of the molecule is CCC(C)c1oc2ccccc2c1Cc1ccc(O)s1. The number of rotatable bonds is 4. The molecule has 2 nitrogen and oxygen atoms in total. The van der Waals surface area contributed by atoms with Crippen LogP contribution in [0.2, 0.25) is 0 Å². The molecule has 3 aromatic rings. The zero-order valence-corrected chi connectivity index (χ0v) is 12.5. The highest BCUT2D eigenvalue weighted by Gasteiger charge is 2.19. The van der Waals surface area contributed by atoms with Gasteiger partial charge in [0.15, 0.2) is 5.06 Å². The Balaban J connectivity index is 2.10. The smallest absolute Gasteiger partial charge is 0.171 e. The van der Waals surface area contributed by atoms with E-state index < -0.39 is 0 Å². The van der Waals surface area contributed by atoms with Crippen molar-refractivity contribution in [3.8, 4) is 5.06 Å². The van der Waals surface area contributed by atoms with Crippen LogP contribution in [0, 0.1) is 0 Å². The molecule has 0 fully saturated rings. The van der Waals surface area contributed by atoms with Crippen molar-refractivity contribution in [1.82, 2.24) is 0 Å². The van der Waals surface area contributed by atoms with Crippen molar-refractivity contribution in [2.75, 3.05) is 0 Å². The van der Waals surface area contributed by atoms with E-state index in [4.69, 9.17) is 4.42 Å². The van der Waals surface area contributed by atoms with Crippen molar-refractivity contribution in [2.24, 2.45) is 0 Å². The number of benzene rings is 1. The Morgan fingerprint density at radius 3 is 2.70 bits per heavy atom. The second kappa shape index (κ2) is 5.33. The molecule has 2 aromatic heterocycles. The van der Waals surface area contributed by atoms with E-state index in [1.807, 2.05) is 24.3 Å². The van der Waals surface area contributed by atoms with Crippen LogP contribution in [0.15, 0.2) is 40.8 Å². The first kappa shape index (κ1) is 13.3. The van der Waals surface area contributed by atoms with Crippen LogP contribution >= 0.6 is 11.3 Å². The average molecular weight is 286 g/mol. The topological polar surface area (TPSA) is 33.4 Å². The van der Waals surface area contributed by atoms with Gasteiger partial charge in [-0.3, -0.25) is 0 Å². The highest BCUT2D eigenvalue weighted by Crippen LogP contribution is 2.35. The summed E-state index contributed by atoms with van der Waals surface area (Å²) in [6, 6.07) is 11.9. The molecule has 20 heavy (non-hydrogen) atoms. The van der Waals surface area contributed by atoms with Crippen LogP contribution in [0.4, 0.5) is 0 Å². The number of thiophene rings is 1. The van der Waals surface area contributed by atoms with Crippen LogP contribution in [-0.2, 0) is 6.42 Å². The maximum absolute atomic E-state index is 9.51. The quantitative estimate of drug-likeness (QED) is 0.705. The molecule has 0 saturated carbocycles. The molecule has 3 rings (SSSR count). The third-order valence-corrected chi connectivity index (χ3v) is 4.68.